The maximum absolute atomic E-state index is 13.8. The SMILES string of the molecule is Cc1ccc([C@@H]2C[C@H](C(F)(F)F)n3nc(C(=O)Nc4ccc([C@@H](C)O)cc4)cc3N2)cc1. The van der Waals surface area contributed by atoms with Gasteiger partial charge < -0.3 is 15.7 Å². The van der Waals surface area contributed by atoms with Gasteiger partial charge in [-0.1, -0.05) is 42.0 Å². The van der Waals surface area contributed by atoms with E-state index in [-0.39, 0.29) is 17.9 Å². The van der Waals surface area contributed by atoms with Crippen molar-refractivity contribution in [3.8, 4) is 0 Å². The van der Waals surface area contributed by atoms with E-state index in [0.29, 0.717) is 11.3 Å². The number of carbonyl (C=O) groups is 1. The summed E-state index contributed by atoms with van der Waals surface area (Å²) < 4.78 is 42.3. The van der Waals surface area contributed by atoms with Crippen molar-refractivity contribution in [1.82, 2.24) is 9.78 Å². The molecule has 1 amide bonds. The number of halogens is 3. The average molecular weight is 444 g/mol. The third-order valence-electron chi connectivity index (χ3n) is 5.55. The van der Waals surface area contributed by atoms with E-state index in [1.807, 2.05) is 19.1 Å². The molecular weight excluding hydrogens is 421 g/mol. The number of aliphatic hydroxyl groups is 1. The number of anilines is 2. The number of hydrogen-bond donors (Lipinski definition) is 3. The number of nitrogens with zero attached hydrogens (tertiary/aromatic N) is 2. The number of benzene rings is 2. The van der Waals surface area contributed by atoms with E-state index < -0.39 is 30.3 Å². The van der Waals surface area contributed by atoms with Crippen molar-refractivity contribution in [2.45, 2.75) is 44.6 Å². The summed E-state index contributed by atoms with van der Waals surface area (Å²) in [6.45, 7) is 3.53. The molecule has 1 aliphatic rings. The fourth-order valence-electron chi connectivity index (χ4n) is 3.74. The van der Waals surface area contributed by atoms with Crippen LogP contribution in [0.25, 0.3) is 0 Å². The Balaban J connectivity index is 1.59. The first-order chi connectivity index (χ1) is 15.1. The van der Waals surface area contributed by atoms with E-state index in [9.17, 15) is 23.1 Å². The molecule has 0 saturated heterocycles. The highest BCUT2D eigenvalue weighted by atomic mass is 19.4. The molecule has 0 unspecified atom stereocenters. The predicted octanol–water partition coefficient (Wildman–Crippen LogP) is 5.16. The van der Waals surface area contributed by atoms with E-state index >= 15 is 0 Å². The molecule has 4 rings (SSSR count). The smallest absolute Gasteiger partial charge is 0.389 e. The topological polar surface area (TPSA) is 79.2 Å². The molecule has 0 radical (unpaired) electrons. The van der Waals surface area contributed by atoms with Gasteiger partial charge in [0.1, 0.15) is 5.82 Å². The van der Waals surface area contributed by atoms with Crippen LogP contribution in [0.1, 0.15) is 58.7 Å². The van der Waals surface area contributed by atoms with Crippen molar-refractivity contribution in [3.05, 3.63) is 77.0 Å². The van der Waals surface area contributed by atoms with Gasteiger partial charge in [0.2, 0.25) is 0 Å². The molecule has 1 aliphatic heterocycles. The Morgan fingerprint density at radius 2 is 1.84 bits per heavy atom. The van der Waals surface area contributed by atoms with Crippen LogP contribution in [0.3, 0.4) is 0 Å². The summed E-state index contributed by atoms with van der Waals surface area (Å²) in [5, 5.41) is 19.3. The number of nitrogens with one attached hydrogen (secondary N) is 2. The molecule has 168 valence electrons. The maximum Gasteiger partial charge on any atom is 0.410 e. The molecule has 0 fully saturated rings. The number of aromatic nitrogens is 2. The summed E-state index contributed by atoms with van der Waals surface area (Å²) in [6.07, 6.45) is -5.40. The second-order valence-electron chi connectivity index (χ2n) is 8.01. The average Bonchev–Trinajstić information content (AvgIpc) is 3.17. The molecule has 3 atom stereocenters. The zero-order valence-corrected chi connectivity index (χ0v) is 17.5. The van der Waals surface area contributed by atoms with Crippen molar-refractivity contribution >= 4 is 17.4 Å². The van der Waals surface area contributed by atoms with Crippen LogP contribution < -0.4 is 10.6 Å². The summed E-state index contributed by atoms with van der Waals surface area (Å²) >= 11 is 0. The standard InChI is InChI=1S/C23H23F3N4O2/c1-13-3-5-16(6-4-13)18-11-20(23(24,25)26)30-21(28-18)12-19(29-30)22(32)27-17-9-7-15(8-10-17)14(2)31/h3-10,12,14,18,20,28,31H,11H2,1-2H3,(H,27,32)/t14-,18+,20-/m1/s1. The predicted molar refractivity (Wildman–Crippen MR) is 115 cm³/mol. The number of hydrogen-bond acceptors (Lipinski definition) is 4. The van der Waals surface area contributed by atoms with Gasteiger partial charge in [0, 0.05) is 18.2 Å². The molecule has 1 aromatic heterocycles. The molecule has 32 heavy (non-hydrogen) atoms. The molecule has 9 heteroatoms. The van der Waals surface area contributed by atoms with Gasteiger partial charge in [0.05, 0.1) is 12.1 Å². The van der Waals surface area contributed by atoms with Crippen LogP contribution in [0, 0.1) is 6.92 Å². The molecule has 0 saturated carbocycles. The van der Waals surface area contributed by atoms with Gasteiger partial charge >= 0.3 is 6.18 Å². The largest absolute Gasteiger partial charge is 0.410 e. The van der Waals surface area contributed by atoms with Crippen LogP contribution in [0.15, 0.2) is 54.6 Å². The van der Waals surface area contributed by atoms with E-state index in [1.54, 1.807) is 43.3 Å². The second kappa shape index (κ2) is 8.31. The lowest BCUT2D eigenvalue weighted by atomic mass is 9.96. The normalized spacial score (nSPS) is 19.1. The number of rotatable bonds is 4. The van der Waals surface area contributed by atoms with Crippen molar-refractivity contribution in [3.63, 3.8) is 0 Å². The lowest BCUT2D eigenvalue weighted by molar-refractivity contribution is -0.173. The second-order valence-corrected chi connectivity index (χ2v) is 8.01. The Bertz CT molecular complexity index is 1110. The van der Waals surface area contributed by atoms with Crippen LogP contribution >= 0.6 is 0 Å². The van der Waals surface area contributed by atoms with E-state index in [2.05, 4.69) is 15.7 Å². The maximum atomic E-state index is 13.8. The van der Waals surface area contributed by atoms with Gasteiger partial charge in [0.25, 0.3) is 5.91 Å². The van der Waals surface area contributed by atoms with Crippen molar-refractivity contribution in [2.24, 2.45) is 0 Å². The van der Waals surface area contributed by atoms with Gasteiger partial charge in [0.15, 0.2) is 11.7 Å². The third kappa shape index (κ3) is 4.47. The Kier molecular flexibility index (Phi) is 5.68. The van der Waals surface area contributed by atoms with Crippen LogP contribution in [0.2, 0.25) is 0 Å². The lowest BCUT2D eigenvalue weighted by Crippen LogP contribution is -2.35. The molecule has 0 bridgehead atoms. The zero-order chi connectivity index (χ0) is 23.0. The van der Waals surface area contributed by atoms with Crippen LogP contribution in [-0.2, 0) is 0 Å². The highest BCUT2D eigenvalue weighted by Crippen LogP contribution is 2.43. The molecule has 3 N–H and O–H groups in total. The van der Waals surface area contributed by atoms with Crippen LogP contribution in [0.4, 0.5) is 24.7 Å². The Morgan fingerprint density at radius 1 is 1.19 bits per heavy atom. The van der Waals surface area contributed by atoms with Gasteiger partial charge in [-0.25, -0.2) is 4.68 Å². The lowest BCUT2D eigenvalue weighted by Gasteiger charge is -2.33. The molecule has 2 aromatic carbocycles. The minimum absolute atomic E-state index is 0.120. The van der Waals surface area contributed by atoms with E-state index in [1.165, 1.54) is 6.07 Å². The number of fused-ring (bicyclic) bond motifs is 1. The molecule has 3 aromatic rings. The molecule has 6 nitrogen and oxygen atoms in total. The molecule has 0 spiro atoms. The van der Waals surface area contributed by atoms with Gasteiger partial charge in [-0.05, 0) is 37.1 Å². The van der Waals surface area contributed by atoms with E-state index in [0.717, 1.165) is 15.8 Å². The highest BCUT2D eigenvalue weighted by Gasteiger charge is 2.46. The van der Waals surface area contributed by atoms with Crippen LogP contribution in [-0.4, -0.2) is 27.0 Å². The molecule has 0 aliphatic carbocycles. The quantitative estimate of drug-likeness (QED) is 0.520. The van der Waals surface area contributed by atoms with E-state index in [4.69, 9.17) is 0 Å². The monoisotopic (exact) mass is 444 g/mol. The summed E-state index contributed by atoms with van der Waals surface area (Å²) in [4.78, 5) is 12.7. The minimum atomic E-state index is -4.52. The summed E-state index contributed by atoms with van der Waals surface area (Å²) in [5.41, 5.74) is 2.76. The van der Waals surface area contributed by atoms with Crippen LogP contribution in [0.5, 0.6) is 0 Å². The number of aryl methyl sites for hydroxylation is 1. The highest BCUT2D eigenvalue weighted by molar-refractivity contribution is 6.03. The number of aliphatic hydroxyl groups excluding tert-OH is 1. The number of alkyl halides is 3. The number of carbonyl (C=O) groups excluding carboxylic acids is 1. The van der Waals surface area contributed by atoms with Gasteiger partial charge in [-0.2, -0.15) is 18.3 Å². The van der Waals surface area contributed by atoms with Crippen molar-refractivity contribution in [2.75, 3.05) is 10.6 Å². The van der Waals surface area contributed by atoms with Gasteiger partial charge in [-0.15, -0.1) is 0 Å². The fourth-order valence-corrected chi connectivity index (χ4v) is 3.74. The molecular formula is C23H23F3N4O2. The zero-order valence-electron chi connectivity index (χ0n) is 17.5. The third-order valence-corrected chi connectivity index (χ3v) is 5.55. The first-order valence-electron chi connectivity index (χ1n) is 10.2. The molecule has 2 heterocycles. The minimum Gasteiger partial charge on any atom is -0.389 e. The summed E-state index contributed by atoms with van der Waals surface area (Å²) in [5.74, 6) is -0.481. The Morgan fingerprint density at radius 3 is 2.44 bits per heavy atom. The number of amides is 1. The fraction of sp³-hybridized carbons (Fsp3) is 0.304. The summed E-state index contributed by atoms with van der Waals surface area (Å²) in [6, 6.07) is 12.8. The van der Waals surface area contributed by atoms with Crippen molar-refractivity contribution in [1.29, 1.82) is 0 Å². The first kappa shape index (κ1) is 21.9. The first-order valence-corrected chi connectivity index (χ1v) is 10.2. The van der Waals surface area contributed by atoms with Gasteiger partial charge in [-0.3, -0.25) is 4.79 Å². The Labute approximate surface area is 183 Å². The Hall–Kier alpha value is -3.33. The van der Waals surface area contributed by atoms with Crippen molar-refractivity contribution < 1.29 is 23.1 Å². The summed E-state index contributed by atoms with van der Waals surface area (Å²) in [7, 11) is 0.